The molecule has 29 heavy (non-hydrogen) atoms. The van der Waals surface area contributed by atoms with E-state index in [0.29, 0.717) is 6.04 Å². The van der Waals surface area contributed by atoms with E-state index in [9.17, 15) is 4.79 Å². The van der Waals surface area contributed by atoms with Gasteiger partial charge in [0, 0.05) is 56.1 Å². The molecule has 1 N–H and O–H groups in total. The van der Waals surface area contributed by atoms with Crippen LogP contribution in [-0.4, -0.2) is 74.1 Å². The van der Waals surface area contributed by atoms with Gasteiger partial charge >= 0.3 is 0 Å². The van der Waals surface area contributed by atoms with E-state index in [4.69, 9.17) is 0 Å². The van der Waals surface area contributed by atoms with Crippen LogP contribution in [0.2, 0.25) is 0 Å². The van der Waals surface area contributed by atoms with E-state index in [1.807, 2.05) is 12.1 Å². The molecule has 1 saturated heterocycles. The molecule has 1 amide bonds. The molecule has 0 radical (unpaired) electrons. The monoisotopic (exact) mass is 400 g/mol. The minimum absolute atomic E-state index is 0.0431. The van der Waals surface area contributed by atoms with Crippen molar-refractivity contribution in [2.24, 2.45) is 0 Å². The molecule has 2 aliphatic rings. The molecular formula is C24H40N4O. The first-order valence-corrected chi connectivity index (χ1v) is 11.6. The van der Waals surface area contributed by atoms with Gasteiger partial charge in [0.1, 0.15) is 0 Å². The van der Waals surface area contributed by atoms with Crippen molar-refractivity contribution in [3.8, 4) is 0 Å². The van der Waals surface area contributed by atoms with Crippen LogP contribution in [0.15, 0.2) is 24.3 Å². The summed E-state index contributed by atoms with van der Waals surface area (Å²) in [7, 11) is 2.23. The number of hydrogen-bond acceptors (Lipinski definition) is 4. The van der Waals surface area contributed by atoms with Crippen molar-refractivity contribution in [2.75, 3.05) is 51.2 Å². The molecule has 1 aromatic carbocycles. The number of nitrogens with one attached hydrogen (secondary N) is 1. The van der Waals surface area contributed by atoms with Gasteiger partial charge in [-0.15, -0.1) is 0 Å². The number of nitrogens with zero attached hydrogens (tertiary/aromatic N) is 3. The second kappa shape index (κ2) is 11.0. The minimum Gasteiger partial charge on any atom is -0.369 e. The maximum Gasteiger partial charge on any atom is 0.251 e. The zero-order chi connectivity index (χ0) is 20.6. The molecule has 5 nitrogen and oxygen atoms in total. The summed E-state index contributed by atoms with van der Waals surface area (Å²) in [6.07, 6.45) is 7.82. The fourth-order valence-corrected chi connectivity index (χ4v) is 4.66. The van der Waals surface area contributed by atoms with Gasteiger partial charge in [-0.2, -0.15) is 0 Å². The Morgan fingerprint density at radius 2 is 1.72 bits per heavy atom. The van der Waals surface area contributed by atoms with Crippen molar-refractivity contribution in [3.63, 3.8) is 0 Å². The van der Waals surface area contributed by atoms with Crippen molar-refractivity contribution in [2.45, 2.75) is 64.5 Å². The number of anilines is 1. The van der Waals surface area contributed by atoms with Gasteiger partial charge < -0.3 is 15.1 Å². The molecule has 0 unspecified atom stereocenters. The largest absolute Gasteiger partial charge is 0.369 e. The zero-order valence-electron chi connectivity index (χ0n) is 18.7. The number of amides is 1. The average molecular weight is 401 g/mol. The third-order valence-electron chi connectivity index (χ3n) is 6.71. The highest BCUT2D eigenvalue weighted by Crippen LogP contribution is 2.21. The molecule has 0 spiro atoms. The fraction of sp³-hybridized carbons (Fsp3) is 0.708. The van der Waals surface area contributed by atoms with E-state index in [1.54, 1.807) is 0 Å². The minimum atomic E-state index is 0.0431. The molecule has 1 aromatic rings. The lowest BCUT2D eigenvalue weighted by Crippen LogP contribution is -2.48. The van der Waals surface area contributed by atoms with Crippen LogP contribution in [0.5, 0.6) is 0 Å². The number of carbonyl (C=O) groups excluding carboxylic acids is 1. The Bertz CT molecular complexity index is 616. The Morgan fingerprint density at radius 1 is 1.07 bits per heavy atom. The second-order valence-electron chi connectivity index (χ2n) is 9.05. The summed E-state index contributed by atoms with van der Waals surface area (Å²) in [6.45, 7) is 10.6. The predicted molar refractivity (Wildman–Crippen MR) is 122 cm³/mol. The Kier molecular flexibility index (Phi) is 8.37. The summed E-state index contributed by atoms with van der Waals surface area (Å²) in [6, 6.07) is 9.48. The average Bonchev–Trinajstić information content (AvgIpc) is 2.77. The quantitative estimate of drug-likeness (QED) is 0.677. The summed E-state index contributed by atoms with van der Waals surface area (Å²) < 4.78 is 0. The van der Waals surface area contributed by atoms with Crippen LogP contribution in [0, 0.1) is 0 Å². The normalized spacial score (nSPS) is 19.1. The van der Waals surface area contributed by atoms with Crippen LogP contribution < -0.4 is 10.2 Å². The fourth-order valence-electron chi connectivity index (χ4n) is 4.66. The summed E-state index contributed by atoms with van der Waals surface area (Å²) in [5, 5.41) is 3.09. The van der Waals surface area contributed by atoms with E-state index in [-0.39, 0.29) is 5.91 Å². The van der Waals surface area contributed by atoms with E-state index < -0.39 is 0 Å². The highest BCUT2D eigenvalue weighted by Gasteiger charge is 2.19. The van der Waals surface area contributed by atoms with E-state index in [2.05, 4.69) is 53.0 Å². The van der Waals surface area contributed by atoms with Gasteiger partial charge in [0.05, 0.1) is 0 Å². The Hall–Kier alpha value is -1.59. The van der Waals surface area contributed by atoms with Crippen molar-refractivity contribution >= 4 is 11.6 Å². The molecule has 162 valence electrons. The molecule has 0 bridgehead atoms. The lowest BCUT2D eigenvalue weighted by molar-refractivity contribution is 0.0950. The summed E-state index contributed by atoms with van der Waals surface area (Å²) in [4.78, 5) is 19.9. The van der Waals surface area contributed by atoms with Crippen LogP contribution in [0.25, 0.3) is 0 Å². The number of benzene rings is 1. The lowest BCUT2D eigenvalue weighted by atomic mass is 9.94. The number of hydrogen-bond donors (Lipinski definition) is 1. The molecule has 3 rings (SSSR count). The number of carbonyl (C=O) groups is 1. The second-order valence-corrected chi connectivity index (χ2v) is 9.05. The van der Waals surface area contributed by atoms with E-state index in [0.717, 1.165) is 57.3 Å². The number of piperazine rings is 1. The van der Waals surface area contributed by atoms with Crippen molar-refractivity contribution in [3.05, 3.63) is 29.8 Å². The molecular weight excluding hydrogens is 360 g/mol. The van der Waals surface area contributed by atoms with Gasteiger partial charge in [0.2, 0.25) is 0 Å². The SMILES string of the molecule is CC(C)N1CCN(c2ccc(C(=O)NCCCN(C)C3CCCCC3)cc2)CC1. The first kappa shape index (κ1) is 22.1. The maximum atomic E-state index is 12.5. The van der Waals surface area contributed by atoms with Crippen LogP contribution in [0.4, 0.5) is 5.69 Å². The van der Waals surface area contributed by atoms with Crippen LogP contribution in [0.1, 0.15) is 62.7 Å². The molecule has 5 heteroatoms. The molecule has 1 heterocycles. The Balaban J connectivity index is 1.38. The van der Waals surface area contributed by atoms with Crippen LogP contribution in [0.3, 0.4) is 0 Å². The topological polar surface area (TPSA) is 38.8 Å². The molecule has 2 fully saturated rings. The Morgan fingerprint density at radius 3 is 2.34 bits per heavy atom. The predicted octanol–water partition coefficient (Wildman–Crippen LogP) is 3.60. The van der Waals surface area contributed by atoms with Gasteiger partial charge in [-0.25, -0.2) is 0 Å². The molecule has 1 aliphatic carbocycles. The first-order valence-electron chi connectivity index (χ1n) is 11.6. The molecule has 0 atom stereocenters. The van der Waals surface area contributed by atoms with Gasteiger partial charge in [-0.1, -0.05) is 19.3 Å². The third kappa shape index (κ3) is 6.45. The smallest absolute Gasteiger partial charge is 0.251 e. The zero-order valence-corrected chi connectivity index (χ0v) is 18.7. The van der Waals surface area contributed by atoms with Crippen LogP contribution >= 0.6 is 0 Å². The van der Waals surface area contributed by atoms with Gasteiger partial charge in [-0.3, -0.25) is 9.69 Å². The van der Waals surface area contributed by atoms with E-state index in [1.165, 1.54) is 37.8 Å². The van der Waals surface area contributed by atoms with Crippen molar-refractivity contribution in [1.29, 1.82) is 0 Å². The van der Waals surface area contributed by atoms with Crippen molar-refractivity contribution < 1.29 is 4.79 Å². The highest BCUT2D eigenvalue weighted by atomic mass is 16.1. The van der Waals surface area contributed by atoms with Gasteiger partial charge in [0.25, 0.3) is 5.91 Å². The summed E-state index contributed by atoms with van der Waals surface area (Å²) >= 11 is 0. The van der Waals surface area contributed by atoms with Crippen molar-refractivity contribution in [1.82, 2.24) is 15.1 Å². The first-order chi connectivity index (χ1) is 14.0. The third-order valence-corrected chi connectivity index (χ3v) is 6.71. The Labute approximate surface area is 177 Å². The molecule has 1 saturated carbocycles. The van der Waals surface area contributed by atoms with Crippen LogP contribution in [-0.2, 0) is 0 Å². The standard InChI is InChI=1S/C24H40N4O/c1-20(2)27-16-18-28(19-17-27)23-12-10-21(11-13-23)24(29)25-14-7-15-26(3)22-8-5-4-6-9-22/h10-13,20,22H,4-9,14-19H2,1-3H3,(H,25,29). The number of rotatable bonds is 8. The maximum absolute atomic E-state index is 12.5. The van der Waals surface area contributed by atoms with E-state index >= 15 is 0 Å². The summed E-state index contributed by atoms with van der Waals surface area (Å²) in [5.74, 6) is 0.0431. The highest BCUT2D eigenvalue weighted by molar-refractivity contribution is 5.94. The molecule has 0 aromatic heterocycles. The van der Waals surface area contributed by atoms with Gasteiger partial charge in [0.15, 0.2) is 0 Å². The summed E-state index contributed by atoms with van der Waals surface area (Å²) in [5.41, 5.74) is 1.98. The van der Waals surface area contributed by atoms with Gasteiger partial charge in [-0.05, 0) is 71.0 Å². The lowest BCUT2D eigenvalue weighted by Gasteiger charge is -2.38. The molecule has 1 aliphatic heterocycles.